The Labute approximate surface area is 144 Å². The van der Waals surface area contributed by atoms with Crippen LogP contribution in [0.5, 0.6) is 0 Å². The summed E-state index contributed by atoms with van der Waals surface area (Å²) in [6, 6.07) is 0. The van der Waals surface area contributed by atoms with E-state index in [1.807, 2.05) is 19.1 Å². The van der Waals surface area contributed by atoms with Crippen molar-refractivity contribution in [2.75, 3.05) is 0 Å². The molecule has 1 aliphatic carbocycles. The molecule has 0 unspecified atom stereocenters. The Balaban J connectivity index is 1.48. The van der Waals surface area contributed by atoms with Gasteiger partial charge in [-0.1, -0.05) is 43.4 Å². The van der Waals surface area contributed by atoms with Crippen molar-refractivity contribution in [3.05, 3.63) is 36.5 Å². The van der Waals surface area contributed by atoms with Crippen LogP contribution in [0.2, 0.25) is 0 Å². The zero-order valence-electron chi connectivity index (χ0n) is 14.3. The van der Waals surface area contributed by atoms with Crippen molar-refractivity contribution in [2.45, 2.75) is 69.9 Å². The molecule has 1 N–H and O–H groups in total. The molecule has 2 heterocycles. The predicted octanol–water partition coefficient (Wildman–Crippen LogP) is 3.32. The van der Waals surface area contributed by atoms with Crippen LogP contribution < -0.4 is 0 Å². The quantitative estimate of drug-likeness (QED) is 0.336. The fraction of sp³-hybridized carbons (Fsp3) is 0.650. The highest BCUT2D eigenvalue weighted by molar-refractivity contribution is 5.70. The number of hydrogen-bond donors (Lipinski definition) is 1. The highest BCUT2D eigenvalue weighted by Gasteiger charge is 2.57. The van der Waals surface area contributed by atoms with Gasteiger partial charge in [0.25, 0.3) is 0 Å². The van der Waals surface area contributed by atoms with Crippen molar-refractivity contribution in [1.29, 1.82) is 0 Å². The van der Waals surface area contributed by atoms with Crippen molar-refractivity contribution >= 4 is 5.97 Å². The Kier molecular flexibility index (Phi) is 5.90. The topological polar surface area (TPSA) is 59.1 Å². The molecule has 0 amide bonds. The second-order valence-electron chi connectivity index (χ2n) is 6.99. The molecule has 0 aromatic carbocycles. The molecule has 3 fully saturated rings. The summed E-state index contributed by atoms with van der Waals surface area (Å²) >= 11 is 0. The number of esters is 1. The van der Waals surface area contributed by atoms with E-state index in [1.165, 1.54) is 0 Å². The first kappa shape index (κ1) is 17.4. The first-order chi connectivity index (χ1) is 11.7. The van der Waals surface area contributed by atoms with E-state index < -0.39 is 0 Å². The molecular weight excluding hydrogens is 304 g/mol. The van der Waals surface area contributed by atoms with Crippen LogP contribution in [-0.2, 0) is 14.3 Å². The molecular formula is C20H28O4. The summed E-state index contributed by atoms with van der Waals surface area (Å²) in [7, 11) is 0. The molecule has 0 aromatic rings. The molecule has 6 atom stereocenters. The zero-order chi connectivity index (χ0) is 16.9. The van der Waals surface area contributed by atoms with Crippen molar-refractivity contribution in [3.63, 3.8) is 0 Å². The summed E-state index contributed by atoms with van der Waals surface area (Å²) in [6.07, 6.45) is 17.7. The van der Waals surface area contributed by atoms with E-state index in [4.69, 9.17) is 9.47 Å². The van der Waals surface area contributed by atoms with Gasteiger partial charge in [-0.25, -0.2) is 0 Å². The van der Waals surface area contributed by atoms with E-state index in [9.17, 15) is 9.90 Å². The lowest BCUT2D eigenvalue weighted by Crippen LogP contribution is -2.34. The minimum absolute atomic E-state index is 0.0422. The second kappa shape index (κ2) is 8.13. The Morgan fingerprint density at radius 3 is 2.96 bits per heavy atom. The molecule has 3 aliphatic rings. The van der Waals surface area contributed by atoms with Crippen LogP contribution in [0.15, 0.2) is 36.5 Å². The number of epoxide rings is 1. The fourth-order valence-corrected chi connectivity index (χ4v) is 3.84. The second-order valence-corrected chi connectivity index (χ2v) is 6.99. The van der Waals surface area contributed by atoms with Crippen LogP contribution in [-0.4, -0.2) is 35.5 Å². The largest absolute Gasteiger partial charge is 0.462 e. The van der Waals surface area contributed by atoms with Gasteiger partial charge in [0.15, 0.2) is 0 Å². The van der Waals surface area contributed by atoms with E-state index in [0.29, 0.717) is 30.5 Å². The molecule has 4 heteroatoms. The molecule has 24 heavy (non-hydrogen) atoms. The first-order valence-electron chi connectivity index (χ1n) is 9.22. The number of rotatable bonds is 7. The summed E-state index contributed by atoms with van der Waals surface area (Å²) < 4.78 is 11.3. The fourth-order valence-electron chi connectivity index (χ4n) is 3.84. The summed E-state index contributed by atoms with van der Waals surface area (Å²) in [5.74, 6) is 0.744. The number of allylic oxidation sites excluding steroid dienone is 4. The van der Waals surface area contributed by atoms with Gasteiger partial charge in [-0.2, -0.15) is 0 Å². The number of carbonyl (C=O) groups excluding carboxylic acids is 1. The molecule has 1 saturated carbocycles. The molecule has 3 rings (SSSR count). The lowest BCUT2D eigenvalue weighted by Gasteiger charge is -2.31. The van der Waals surface area contributed by atoms with Crippen molar-refractivity contribution < 1.29 is 19.4 Å². The average molecular weight is 332 g/mol. The highest BCUT2D eigenvalue weighted by atomic mass is 16.6. The lowest BCUT2D eigenvalue weighted by molar-refractivity contribution is -0.158. The predicted molar refractivity (Wildman–Crippen MR) is 92.3 cm³/mol. The molecule has 4 nitrogen and oxygen atoms in total. The van der Waals surface area contributed by atoms with Crippen molar-refractivity contribution in [2.24, 2.45) is 11.8 Å². The summed E-state index contributed by atoms with van der Waals surface area (Å²) in [6.45, 7) is 1.95. The number of hydrogen-bond acceptors (Lipinski definition) is 4. The number of aliphatic hydroxyl groups excluding tert-OH is 1. The number of aliphatic hydroxyl groups is 1. The Morgan fingerprint density at radius 2 is 2.17 bits per heavy atom. The molecule has 2 saturated heterocycles. The van der Waals surface area contributed by atoms with Crippen molar-refractivity contribution in [1.82, 2.24) is 0 Å². The third-order valence-corrected chi connectivity index (χ3v) is 5.26. The third-order valence-electron chi connectivity index (χ3n) is 5.26. The summed E-state index contributed by atoms with van der Waals surface area (Å²) in [5, 5.41) is 9.43. The average Bonchev–Trinajstić information content (AvgIpc) is 3.27. The van der Waals surface area contributed by atoms with Gasteiger partial charge in [0.2, 0.25) is 0 Å². The van der Waals surface area contributed by atoms with Gasteiger partial charge >= 0.3 is 5.97 Å². The molecule has 132 valence electrons. The lowest BCUT2D eigenvalue weighted by atomic mass is 9.85. The van der Waals surface area contributed by atoms with Crippen LogP contribution >= 0.6 is 0 Å². The van der Waals surface area contributed by atoms with Gasteiger partial charge in [0.05, 0.1) is 18.3 Å². The highest BCUT2D eigenvalue weighted by Crippen LogP contribution is 2.50. The van der Waals surface area contributed by atoms with E-state index >= 15 is 0 Å². The summed E-state index contributed by atoms with van der Waals surface area (Å²) in [5.41, 5.74) is 0. The van der Waals surface area contributed by atoms with Gasteiger partial charge < -0.3 is 14.6 Å². The van der Waals surface area contributed by atoms with Crippen LogP contribution in [0.25, 0.3) is 0 Å². The van der Waals surface area contributed by atoms with Crippen LogP contribution in [0.1, 0.15) is 45.4 Å². The Morgan fingerprint density at radius 1 is 1.29 bits per heavy atom. The number of cyclic esters (lactones) is 1. The SMILES string of the molecule is CC[C@H](O)/C=C/C=C\C/C=C/[C@H]1[C@@H]([C@@H]2CCCC(=O)O2)C[C@@H]2O[C@H]12. The van der Waals surface area contributed by atoms with E-state index in [1.54, 1.807) is 6.08 Å². The van der Waals surface area contributed by atoms with E-state index in [2.05, 4.69) is 18.2 Å². The minimum atomic E-state index is -0.355. The van der Waals surface area contributed by atoms with E-state index in [0.717, 1.165) is 32.1 Å². The maximum absolute atomic E-state index is 11.6. The van der Waals surface area contributed by atoms with Gasteiger partial charge in [-0.3, -0.25) is 4.79 Å². The molecule has 0 spiro atoms. The van der Waals surface area contributed by atoms with Crippen LogP contribution in [0.4, 0.5) is 0 Å². The summed E-state index contributed by atoms with van der Waals surface area (Å²) in [4.78, 5) is 11.6. The molecule has 0 radical (unpaired) electrons. The Hall–Kier alpha value is -1.39. The number of fused-ring (bicyclic) bond motifs is 1. The van der Waals surface area contributed by atoms with Gasteiger partial charge in [-0.05, 0) is 32.1 Å². The third kappa shape index (κ3) is 4.37. The van der Waals surface area contributed by atoms with E-state index in [-0.39, 0.29) is 18.2 Å². The van der Waals surface area contributed by atoms with Gasteiger partial charge in [0, 0.05) is 18.3 Å². The minimum Gasteiger partial charge on any atom is -0.462 e. The van der Waals surface area contributed by atoms with Crippen LogP contribution in [0, 0.1) is 11.8 Å². The van der Waals surface area contributed by atoms with Crippen molar-refractivity contribution in [3.8, 4) is 0 Å². The van der Waals surface area contributed by atoms with Gasteiger partial charge in [-0.15, -0.1) is 0 Å². The first-order valence-corrected chi connectivity index (χ1v) is 9.22. The maximum Gasteiger partial charge on any atom is 0.306 e. The monoisotopic (exact) mass is 332 g/mol. The standard InChI is InChI=1S/C20H28O4/c1-2-14(21)9-6-4-3-5-7-10-15-16(13-18-20(15)24-18)17-11-8-12-19(22)23-17/h3-4,6-7,9-10,14-18,20-21H,2,5,8,11-13H2,1H3/b4-3-,9-6+,10-7+/t14-,15-,16-,17-,18-,20+/m0/s1. The number of carbonyl (C=O) groups is 1. The zero-order valence-corrected chi connectivity index (χ0v) is 14.3. The normalized spacial score (nSPS) is 37.2. The van der Waals surface area contributed by atoms with Gasteiger partial charge in [0.1, 0.15) is 6.10 Å². The molecule has 2 aliphatic heterocycles. The smallest absolute Gasteiger partial charge is 0.306 e. The molecule has 0 aromatic heterocycles. The van der Waals surface area contributed by atoms with Crippen LogP contribution in [0.3, 0.4) is 0 Å². The number of ether oxygens (including phenoxy) is 2. The molecule has 0 bridgehead atoms. The maximum atomic E-state index is 11.6. The Bertz CT molecular complexity index is 522.